The Morgan fingerprint density at radius 3 is 2.88 bits per heavy atom. The number of rotatable bonds is 0. The fraction of sp³-hybridized carbons (Fsp3) is 1.00. The first-order valence-electron chi connectivity index (χ1n) is 3.21. The van der Waals surface area contributed by atoms with Gasteiger partial charge < -0.3 is 9.84 Å². The Balaban J connectivity index is 1.99. The quantitative estimate of drug-likeness (QED) is 0.459. The summed E-state index contributed by atoms with van der Waals surface area (Å²) < 4.78 is 5.14. The third-order valence-electron chi connectivity index (χ3n) is 1.99. The summed E-state index contributed by atoms with van der Waals surface area (Å²) in [5, 5.41) is 9.09. The molecule has 1 saturated heterocycles. The third kappa shape index (κ3) is 0.565. The molecule has 46 valence electrons. The van der Waals surface area contributed by atoms with E-state index in [-0.39, 0.29) is 12.2 Å². The molecule has 1 unspecified atom stereocenters. The monoisotopic (exact) mass is 114 g/mol. The van der Waals surface area contributed by atoms with Gasteiger partial charge in [0, 0.05) is 0 Å². The number of hydrogen-bond donors (Lipinski definition) is 1. The first-order valence-corrected chi connectivity index (χ1v) is 3.21. The van der Waals surface area contributed by atoms with Gasteiger partial charge in [-0.3, -0.25) is 0 Å². The standard InChI is InChI=1S/C6H10O2/c7-4-2-1-3-5-6(4)8-5/h4-7H,1-3H2/t4?,5-,6+/m0/s1. The Kier molecular flexibility index (Phi) is 0.866. The van der Waals surface area contributed by atoms with Crippen molar-refractivity contribution in [3.63, 3.8) is 0 Å². The average molecular weight is 114 g/mol. The fourth-order valence-electron chi connectivity index (χ4n) is 1.42. The van der Waals surface area contributed by atoms with Gasteiger partial charge in [-0.05, 0) is 19.3 Å². The number of epoxide rings is 1. The third-order valence-corrected chi connectivity index (χ3v) is 1.99. The number of aliphatic hydroxyl groups is 1. The summed E-state index contributed by atoms with van der Waals surface area (Å²) in [6.45, 7) is 0. The zero-order valence-electron chi connectivity index (χ0n) is 4.71. The highest BCUT2D eigenvalue weighted by Gasteiger charge is 2.46. The summed E-state index contributed by atoms with van der Waals surface area (Å²) in [6.07, 6.45) is 3.77. The van der Waals surface area contributed by atoms with Crippen LogP contribution >= 0.6 is 0 Å². The Morgan fingerprint density at radius 1 is 1.38 bits per heavy atom. The van der Waals surface area contributed by atoms with E-state index in [1.165, 1.54) is 6.42 Å². The van der Waals surface area contributed by atoms with Crippen LogP contribution in [-0.4, -0.2) is 23.4 Å². The molecular formula is C6H10O2. The van der Waals surface area contributed by atoms with E-state index < -0.39 is 0 Å². The molecule has 0 radical (unpaired) electrons. The maximum absolute atomic E-state index is 9.09. The van der Waals surface area contributed by atoms with Crippen molar-refractivity contribution in [3.05, 3.63) is 0 Å². The number of ether oxygens (including phenoxy) is 1. The van der Waals surface area contributed by atoms with E-state index in [0.717, 1.165) is 12.8 Å². The molecule has 2 nitrogen and oxygen atoms in total. The summed E-state index contributed by atoms with van der Waals surface area (Å²) in [6, 6.07) is 0. The molecule has 1 N–H and O–H groups in total. The molecule has 1 saturated carbocycles. The molecule has 0 aromatic rings. The molecule has 8 heavy (non-hydrogen) atoms. The van der Waals surface area contributed by atoms with Gasteiger partial charge in [0.2, 0.25) is 0 Å². The number of fused-ring (bicyclic) bond motifs is 1. The van der Waals surface area contributed by atoms with E-state index in [2.05, 4.69) is 0 Å². The molecule has 1 heterocycles. The SMILES string of the molecule is OC1CCC[C@@H]2O[C@H]12. The first kappa shape index (κ1) is 4.77. The van der Waals surface area contributed by atoms with Crippen molar-refractivity contribution < 1.29 is 9.84 Å². The molecule has 2 aliphatic rings. The highest BCUT2D eigenvalue weighted by atomic mass is 16.6. The molecule has 0 spiro atoms. The van der Waals surface area contributed by atoms with Crippen LogP contribution in [0.5, 0.6) is 0 Å². The van der Waals surface area contributed by atoms with E-state index in [9.17, 15) is 0 Å². The summed E-state index contributed by atoms with van der Waals surface area (Å²) in [5.41, 5.74) is 0. The molecule has 0 aromatic heterocycles. The van der Waals surface area contributed by atoms with Gasteiger partial charge in [-0.25, -0.2) is 0 Å². The molecule has 0 amide bonds. The molecule has 3 atom stereocenters. The normalized spacial score (nSPS) is 52.9. The predicted molar refractivity (Wildman–Crippen MR) is 28.5 cm³/mol. The maximum Gasteiger partial charge on any atom is 0.110 e. The van der Waals surface area contributed by atoms with Crippen molar-refractivity contribution in [1.29, 1.82) is 0 Å². The van der Waals surface area contributed by atoms with Crippen LogP contribution in [0.4, 0.5) is 0 Å². The van der Waals surface area contributed by atoms with Crippen LogP contribution in [0.3, 0.4) is 0 Å². The minimum atomic E-state index is -0.145. The van der Waals surface area contributed by atoms with E-state index >= 15 is 0 Å². The second kappa shape index (κ2) is 1.45. The maximum atomic E-state index is 9.09. The first-order chi connectivity index (χ1) is 3.88. The van der Waals surface area contributed by atoms with Crippen molar-refractivity contribution in [2.75, 3.05) is 0 Å². The van der Waals surface area contributed by atoms with Gasteiger partial charge in [0.05, 0.1) is 12.2 Å². The molecule has 1 aliphatic heterocycles. The van der Waals surface area contributed by atoms with Gasteiger partial charge in [0.1, 0.15) is 6.10 Å². The summed E-state index contributed by atoms with van der Waals surface area (Å²) in [7, 11) is 0. The van der Waals surface area contributed by atoms with Crippen LogP contribution in [0, 0.1) is 0 Å². The number of hydrogen-bond acceptors (Lipinski definition) is 2. The van der Waals surface area contributed by atoms with Gasteiger partial charge in [-0.1, -0.05) is 0 Å². The van der Waals surface area contributed by atoms with E-state index in [1.54, 1.807) is 0 Å². The minimum absolute atomic E-state index is 0.145. The molecule has 2 heteroatoms. The Morgan fingerprint density at radius 2 is 2.25 bits per heavy atom. The minimum Gasteiger partial charge on any atom is -0.390 e. The van der Waals surface area contributed by atoms with Gasteiger partial charge in [-0.15, -0.1) is 0 Å². The second-order valence-corrected chi connectivity index (χ2v) is 2.64. The van der Waals surface area contributed by atoms with Gasteiger partial charge in [0.25, 0.3) is 0 Å². The fourth-order valence-corrected chi connectivity index (χ4v) is 1.42. The van der Waals surface area contributed by atoms with Crippen LogP contribution in [0.2, 0.25) is 0 Å². The van der Waals surface area contributed by atoms with Crippen molar-refractivity contribution in [3.8, 4) is 0 Å². The van der Waals surface area contributed by atoms with Gasteiger partial charge in [-0.2, -0.15) is 0 Å². The zero-order valence-corrected chi connectivity index (χ0v) is 4.71. The lowest BCUT2D eigenvalue weighted by Gasteiger charge is -2.10. The summed E-state index contributed by atoms with van der Waals surface area (Å²) in [5.74, 6) is 0. The lowest BCUT2D eigenvalue weighted by Crippen LogP contribution is -2.20. The Hall–Kier alpha value is -0.0800. The molecule has 0 aromatic carbocycles. The predicted octanol–water partition coefficient (Wildman–Crippen LogP) is 0.299. The van der Waals surface area contributed by atoms with Gasteiger partial charge in [0.15, 0.2) is 0 Å². The lowest BCUT2D eigenvalue weighted by atomic mass is 9.98. The lowest BCUT2D eigenvalue weighted by molar-refractivity contribution is 0.124. The topological polar surface area (TPSA) is 32.8 Å². The Bertz CT molecular complexity index is 103. The average Bonchev–Trinajstić information content (AvgIpc) is 2.45. The molecule has 2 fully saturated rings. The van der Waals surface area contributed by atoms with E-state index in [4.69, 9.17) is 9.84 Å². The second-order valence-electron chi connectivity index (χ2n) is 2.64. The van der Waals surface area contributed by atoms with Crippen molar-refractivity contribution in [1.82, 2.24) is 0 Å². The zero-order chi connectivity index (χ0) is 5.56. The van der Waals surface area contributed by atoms with Gasteiger partial charge >= 0.3 is 0 Å². The van der Waals surface area contributed by atoms with Crippen molar-refractivity contribution >= 4 is 0 Å². The highest BCUT2D eigenvalue weighted by molar-refractivity contribution is 4.94. The van der Waals surface area contributed by atoms with Crippen LogP contribution in [0.25, 0.3) is 0 Å². The highest BCUT2D eigenvalue weighted by Crippen LogP contribution is 2.36. The molecule has 0 bridgehead atoms. The van der Waals surface area contributed by atoms with Crippen LogP contribution in [0.15, 0.2) is 0 Å². The smallest absolute Gasteiger partial charge is 0.110 e. The number of aliphatic hydroxyl groups excluding tert-OH is 1. The van der Waals surface area contributed by atoms with Crippen LogP contribution in [-0.2, 0) is 4.74 Å². The molecule has 2 rings (SSSR count). The summed E-state index contributed by atoms with van der Waals surface area (Å²) in [4.78, 5) is 0. The van der Waals surface area contributed by atoms with E-state index in [1.807, 2.05) is 0 Å². The molecule has 1 aliphatic carbocycles. The summed E-state index contributed by atoms with van der Waals surface area (Å²) >= 11 is 0. The van der Waals surface area contributed by atoms with Crippen molar-refractivity contribution in [2.45, 2.75) is 37.6 Å². The van der Waals surface area contributed by atoms with Crippen LogP contribution in [0.1, 0.15) is 19.3 Å². The van der Waals surface area contributed by atoms with Crippen molar-refractivity contribution in [2.24, 2.45) is 0 Å². The van der Waals surface area contributed by atoms with E-state index in [0.29, 0.717) is 6.10 Å². The molecular weight excluding hydrogens is 104 g/mol. The largest absolute Gasteiger partial charge is 0.390 e. The van der Waals surface area contributed by atoms with Crippen LogP contribution < -0.4 is 0 Å². The Labute approximate surface area is 48.5 Å².